The summed E-state index contributed by atoms with van der Waals surface area (Å²) in [5.41, 5.74) is 2.36. The Morgan fingerprint density at radius 3 is 2.89 bits per heavy atom. The van der Waals surface area contributed by atoms with Crippen LogP contribution in [0, 0.1) is 0 Å². The zero-order valence-electron chi connectivity index (χ0n) is 15.5. The number of nitrogens with zero attached hydrogens (tertiary/aromatic N) is 2. The standard InChI is InChI=1S/C19H24ClN5S.HI/c1-3-15-11-24-18(26-15)12-25-19(21-4-2)22-8-7-13-10-23-17-6-5-14(20)9-16(13)17;/h5-6,9-11,23H,3-4,7-8,12H2,1-2H3,(H2,21,22,25);1H. The fraction of sp³-hybridized carbons (Fsp3) is 0.368. The second-order valence-corrected chi connectivity index (χ2v) is 7.59. The number of aromatic amines is 1. The maximum Gasteiger partial charge on any atom is 0.191 e. The van der Waals surface area contributed by atoms with Crippen molar-refractivity contribution in [2.75, 3.05) is 13.1 Å². The van der Waals surface area contributed by atoms with Crippen LogP contribution in [0.2, 0.25) is 5.02 Å². The Hall–Kier alpha value is -1.32. The molecule has 0 saturated heterocycles. The average Bonchev–Trinajstić information content (AvgIpc) is 3.26. The van der Waals surface area contributed by atoms with Crippen molar-refractivity contribution in [2.45, 2.75) is 33.2 Å². The van der Waals surface area contributed by atoms with Gasteiger partial charge in [-0.25, -0.2) is 9.98 Å². The Balaban J connectivity index is 0.00000261. The number of H-pyrrole nitrogens is 1. The first-order chi connectivity index (χ1) is 12.7. The molecule has 0 amide bonds. The third-order valence-corrected chi connectivity index (χ3v) is 5.44. The Morgan fingerprint density at radius 2 is 2.15 bits per heavy atom. The van der Waals surface area contributed by atoms with E-state index >= 15 is 0 Å². The molecule has 2 aromatic heterocycles. The van der Waals surface area contributed by atoms with Crippen LogP contribution < -0.4 is 10.6 Å². The minimum atomic E-state index is 0. The van der Waals surface area contributed by atoms with Crippen molar-refractivity contribution in [1.29, 1.82) is 0 Å². The van der Waals surface area contributed by atoms with E-state index in [1.807, 2.05) is 24.4 Å². The monoisotopic (exact) mass is 517 g/mol. The molecule has 0 fully saturated rings. The summed E-state index contributed by atoms with van der Waals surface area (Å²) in [5, 5.41) is 9.67. The molecular formula is C19H25ClIN5S. The summed E-state index contributed by atoms with van der Waals surface area (Å²) in [6.07, 6.45) is 5.91. The van der Waals surface area contributed by atoms with Gasteiger partial charge in [0.2, 0.25) is 0 Å². The van der Waals surface area contributed by atoms with Gasteiger partial charge < -0.3 is 15.6 Å². The molecule has 8 heteroatoms. The second kappa shape index (κ2) is 10.9. The number of guanidine groups is 1. The van der Waals surface area contributed by atoms with Crippen molar-refractivity contribution < 1.29 is 0 Å². The fourth-order valence-corrected chi connectivity index (χ4v) is 3.71. The second-order valence-electron chi connectivity index (χ2n) is 5.95. The van der Waals surface area contributed by atoms with Crippen LogP contribution in [0.3, 0.4) is 0 Å². The van der Waals surface area contributed by atoms with Crippen LogP contribution in [0.25, 0.3) is 10.9 Å². The minimum Gasteiger partial charge on any atom is -0.361 e. The lowest BCUT2D eigenvalue weighted by atomic mass is 10.1. The van der Waals surface area contributed by atoms with Crippen LogP contribution in [0.1, 0.15) is 29.3 Å². The Labute approximate surface area is 186 Å². The third-order valence-electron chi connectivity index (χ3n) is 4.08. The molecule has 0 saturated carbocycles. The summed E-state index contributed by atoms with van der Waals surface area (Å²) in [4.78, 5) is 13.7. The lowest BCUT2D eigenvalue weighted by Crippen LogP contribution is -2.38. The quantitative estimate of drug-likeness (QED) is 0.241. The van der Waals surface area contributed by atoms with Crippen LogP contribution in [0.4, 0.5) is 0 Å². The van der Waals surface area contributed by atoms with E-state index in [0.717, 1.165) is 47.4 Å². The van der Waals surface area contributed by atoms with E-state index < -0.39 is 0 Å². The normalized spacial score (nSPS) is 11.4. The number of hydrogen-bond acceptors (Lipinski definition) is 3. The first kappa shape index (κ1) is 22.0. The number of nitrogens with one attached hydrogen (secondary N) is 3. The molecular weight excluding hydrogens is 493 g/mol. The molecule has 27 heavy (non-hydrogen) atoms. The van der Waals surface area contributed by atoms with Crippen molar-refractivity contribution >= 4 is 63.8 Å². The molecule has 2 heterocycles. The highest BCUT2D eigenvalue weighted by atomic mass is 127. The van der Waals surface area contributed by atoms with E-state index in [4.69, 9.17) is 11.6 Å². The van der Waals surface area contributed by atoms with Crippen molar-refractivity contribution in [3.05, 3.63) is 51.1 Å². The number of aliphatic imine (C=N–C) groups is 1. The molecule has 1 aromatic carbocycles. The highest BCUT2D eigenvalue weighted by Gasteiger charge is 2.05. The predicted molar refractivity (Wildman–Crippen MR) is 127 cm³/mol. The van der Waals surface area contributed by atoms with Gasteiger partial charge in [0, 0.05) is 46.3 Å². The molecule has 0 aliphatic heterocycles. The Kier molecular flexibility index (Phi) is 8.85. The van der Waals surface area contributed by atoms with E-state index in [2.05, 4.69) is 45.6 Å². The molecule has 3 aromatic rings. The van der Waals surface area contributed by atoms with Gasteiger partial charge >= 0.3 is 0 Å². The number of hydrogen-bond donors (Lipinski definition) is 3. The van der Waals surface area contributed by atoms with Crippen molar-refractivity contribution in [2.24, 2.45) is 4.99 Å². The molecule has 5 nitrogen and oxygen atoms in total. The zero-order valence-corrected chi connectivity index (χ0v) is 19.4. The van der Waals surface area contributed by atoms with Crippen LogP contribution in [-0.2, 0) is 19.4 Å². The van der Waals surface area contributed by atoms with Crippen LogP contribution in [-0.4, -0.2) is 29.0 Å². The lowest BCUT2D eigenvalue weighted by Gasteiger charge is -2.10. The number of fused-ring (bicyclic) bond motifs is 1. The number of rotatable bonds is 7. The van der Waals surface area contributed by atoms with E-state index in [0.29, 0.717) is 6.54 Å². The molecule has 0 radical (unpaired) electrons. The van der Waals surface area contributed by atoms with E-state index in [9.17, 15) is 0 Å². The SMILES string of the molecule is CCNC(=NCc1ncc(CC)s1)NCCc1c[nH]c2ccc(Cl)cc12.I. The highest BCUT2D eigenvalue weighted by Crippen LogP contribution is 2.22. The molecule has 0 atom stereocenters. The summed E-state index contributed by atoms with van der Waals surface area (Å²) < 4.78 is 0. The topological polar surface area (TPSA) is 65.1 Å². The molecule has 0 spiro atoms. The molecule has 0 bridgehead atoms. The number of aromatic nitrogens is 2. The molecule has 0 aliphatic carbocycles. The van der Waals surface area contributed by atoms with E-state index in [1.165, 1.54) is 15.8 Å². The summed E-state index contributed by atoms with van der Waals surface area (Å²) in [5.74, 6) is 0.818. The van der Waals surface area contributed by atoms with E-state index in [1.54, 1.807) is 11.3 Å². The largest absolute Gasteiger partial charge is 0.361 e. The highest BCUT2D eigenvalue weighted by molar-refractivity contribution is 14.0. The molecule has 146 valence electrons. The molecule has 3 N–H and O–H groups in total. The summed E-state index contributed by atoms with van der Waals surface area (Å²) in [6, 6.07) is 5.93. The predicted octanol–water partition coefficient (Wildman–Crippen LogP) is 4.76. The summed E-state index contributed by atoms with van der Waals surface area (Å²) >= 11 is 7.85. The van der Waals surface area contributed by atoms with Gasteiger partial charge in [0.25, 0.3) is 0 Å². The van der Waals surface area contributed by atoms with Gasteiger partial charge in [-0.2, -0.15) is 0 Å². The number of halogens is 2. The van der Waals surface area contributed by atoms with Crippen LogP contribution in [0.15, 0.2) is 35.6 Å². The maximum absolute atomic E-state index is 6.12. The van der Waals surface area contributed by atoms with Crippen LogP contribution in [0.5, 0.6) is 0 Å². The molecule has 0 aliphatic rings. The number of benzene rings is 1. The summed E-state index contributed by atoms with van der Waals surface area (Å²) in [7, 11) is 0. The van der Waals surface area contributed by atoms with E-state index in [-0.39, 0.29) is 24.0 Å². The van der Waals surface area contributed by atoms with Crippen molar-refractivity contribution in [1.82, 2.24) is 20.6 Å². The first-order valence-electron chi connectivity index (χ1n) is 8.90. The molecule has 3 rings (SSSR count). The third kappa shape index (κ3) is 6.08. The van der Waals surface area contributed by atoms with Crippen molar-refractivity contribution in [3.63, 3.8) is 0 Å². The van der Waals surface area contributed by atoms with Crippen molar-refractivity contribution in [3.8, 4) is 0 Å². The Bertz CT molecular complexity index is 889. The van der Waals surface area contributed by atoms with Gasteiger partial charge in [-0.15, -0.1) is 35.3 Å². The maximum atomic E-state index is 6.12. The number of thiazole rings is 1. The fourth-order valence-electron chi connectivity index (χ4n) is 2.75. The van der Waals surface area contributed by atoms with Gasteiger partial charge in [-0.05, 0) is 43.5 Å². The smallest absolute Gasteiger partial charge is 0.191 e. The summed E-state index contributed by atoms with van der Waals surface area (Å²) in [6.45, 7) is 6.43. The van der Waals surface area contributed by atoms with Gasteiger partial charge in [0.15, 0.2) is 5.96 Å². The van der Waals surface area contributed by atoms with Gasteiger partial charge in [-0.1, -0.05) is 18.5 Å². The first-order valence-corrected chi connectivity index (χ1v) is 10.1. The zero-order chi connectivity index (χ0) is 18.4. The minimum absolute atomic E-state index is 0. The molecule has 0 unspecified atom stereocenters. The lowest BCUT2D eigenvalue weighted by molar-refractivity contribution is 0.801. The van der Waals surface area contributed by atoms with Gasteiger partial charge in [0.1, 0.15) is 5.01 Å². The van der Waals surface area contributed by atoms with Crippen LogP contribution >= 0.6 is 46.9 Å². The van der Waals surface area contributed by atoms with Gasteiger partial charge in [-0.3, -0.25) is 0 Å². The van der Waals surface area contributed by atoms with Gasteiger partial charge in [0.05, 0.1) is 6.54 Å². The average molecular weight is 518 g/mol. The Morgan fingerprint density at radius 1 is 1.30 bits per heavy atom. The number of aryl methyl sites for hydroxylation is 1.